The highest BCUT2D eigenvalue weighted by molar-refractivity contribution is 7.90. The van der Waals surface area contributed by atoms with Gasteiger partial charge in [-0.1, -0.05) is 44.2 Å². The van der Waals surface area contributed by atoms with Crippen LogP contribution in [0.3, 0.4) is 0 Å². The highest BCUT2D eigenvalue weighted by atomic mass is 32.2. The fourth-order valence-corrected chi connectivity index (χ4v) is 5.36. The molecule has 0 bridgehead atoms. The van der Waals surface area contributed by atoms with Crippen molar-refractivity contribution in [3.05, 3.63) is 47.8 Å². The van der Waals surface area contributed by atoms with Crippen LogP contribution in [0.5, 0.6) is 0 Å². The van der Waals surface area contributed by atoms with Gasteiger partial charge in [0.1, 0.15) is 0 Å². The third kappa shape index (κ3) is 5.70. The molecule has 1 aliphatic rings. The van der Waals surface area contributed by atoms with Crippen LogP contribution in [-0.4, -0.2) is 59.9 Å². The predicted molar refractivity (Wildman–Crippen MR) is 117 cm³/mol. The van der Waals surface area contributed by atoms with E-state index in [9.17, 15) is 13.2 Å². The first kappa shape index (κ1) is 22.5. The van der Waals surface area contributed by atoms with Gasteiger partial charge in [-0.3, -0.25) is 9.69 Å². The van der Waals surface area contributed by atoms with Crippen molar-refractivity contribution in [2.24, 2.45) is 5.92 Å². The largest absolute Gasteiger partial charge is 0.342 e. The van der Waals surface area contributed by atoms with Crippen molar-refractivity contribution < 1.29 is 13.2 Å². The van der Waals surface area contributed by atoms with Crippen LogP contribution in [-0.2, 0) is 33.5 Å². The molecule has 2 aromatic rings. The first-order chi connectivity index (χ1) is 14.3. The Labute approximate surface area is 179 Å². The number of carbonyl (C=O) groups is 1. The fourth-order valence-electron chi connectivity index (χ4n) is 3.86. The highest BCUT2D eigenvalue weighted by Crippen LogP contribution is 2.20. The van der Waals surface area contributed by atoms with Crippen LogP contribution in [0.1, 0.15) is 38.4 Å². The third-order valence-electron chi connectivity index (χ3n) is 5.35. The number of benzene rings is 1. The molecule has 164 valence electrons. The average Bonchev–Trinajstić information content (AvgIpc) is 2.91. The molecule has 1 aromatic carbocycles. The maximum atomic E-state index is 13.1. The lowest BCUT2D eigenvalue weighted by Crippen LogP contribution is -2.33. The van der Waals surface area contributed by atoms with Crippen LogP contribution >= 0.6 is 0 Å². The average molecular weight is 433 g/mol. The molecule has 3 rings (SSSR count). The first-order valence-corrected chi connectivity index (χ1v) is 12.2. The van der Waals surface area contributed by atoms with Crippen molar-refractivity contribution in [2.75, 3.05) is 26.2 Å². The lowest BCUT2D eigenvalue weighted by molar-refractivity contribution is -0.128. The van der Waals surface area contributed by atoms with E-state index in [1.54, 1.807) is 13.1 Å². The van der Waals surface area contributed by atoms with Gasteiger partial charge in [0.15, 0.2) is 0 Å². The summed E-state index contributed by atoms with van der Waals surface area (Å²) in [4.78, 5) is 20.2. The molecule has 0 N–H and O–H groups in total. The second-order valence-corrected chi connectivity index (χ2v) is 10.3. The van der Waals surface area contributed by atoms with Gasteiger partial charge < -0.3 is 9.47 Å². The number of sulfone groups is 1. The Morgan fingerprint density at radius 3 is 2.50 bits per heavy atom. The fraction of sp³-hybridized carbons (Fsp3) is 0.545. The molecule has 0 aliphatic carbocycles. The van der Waals surface area contributed by atoms with Gasteiger partial charge in [0.05, 0.1) is 17.6 Å². The van der Waals surface area contributed by atoms with Gasteiger partial charge in [-0.15, -0.1) is 0 Å². The van der Waals surface area contributed by atoms with Crippen LogP contribution in [0.15, 0.2) is 41.7 Å². The standard InChI is InChI=1S/C22H32N4O3S/c1-18(2)15-26-21(16-24-10-7-11-25(13-12-24)19(3)27)14-23-22(26)30(28,29)17-20-8-5-4-6-9-20/h4-6,8-9,14,18H,7,10-13,15-17H2,1-3H3. The molecule has 2 heterocycles. The molecule has 0 saturated carbocycles. The molecule has 1 amide bonds. The Morgan fingerprint density at radius 2 is 1.83 bits per heavy atom. The molecule has 1 saturated heterocycles. The van der Waals surface area contributed by atoms with E-state index < -0.39 is 9.84 Å². The maximum Gasteiger partial charge on any atom is 0.228 e. The molecule has 0 unspecified atom stereocenters. The third-order valence-corrected chi connectivity index (χ3v) is 6.94. The van der Waals surface area contributed by atoms with E-state index in [4.69, 9.17) is 0 Å². The molecule has 1 fully saturated rings. The Hall–Kier alpha value is -2.19. The van der Waals surface area contributed by atoms with E-state index >= 15 is 0 Å². The summed E-state index contributed by atoms with van der Waals surface area (Å²) in [7, 11) is -3.56. The number of rotatable bonds is 7. The molecule has 1 aliphatic heterocycles. The lowest BCUT2D eigenvalue weighted by Gasteiger charge is -2.22. The summed E-state index contributed by atoms with van der Waals surface area (Å²) in [5.41, 5.74) is 1.67. The smallest absolute Gasteiger partial charge is 0.228 e. The van der Waals surface area contributed by atoms with Gasteiger partial charge in [0, 0.05) is 46.2 Å². The summed E-state index contributed by atoms with van der Waals surface area (Å²) in [5, 5.41) is 0.148. The summed E-state index contributed by atoms with van der Waals surface area (Å²) in [6.45, 7) is 10.1. The number of nitrogens with zero attached hydrogens (tertiary/aromatic N) is 4. The summed E-state index contributed by atoms with van der Waals surface area (Å²) in [6, 6.07) is 9.22. The second kappa shape index (κ2) is 9.75. The van der Waals surface area contributed by atoms with Crippen molar-refractivity contribution in [2.45, 2.75) is 51.2 Å². The molecule has 8 heteroatoms. The molecular formula is C22H32N4O3S. The number of imidazole rings is 1. The normalized spacial score (nSPS) is 16.1. The van der Waals surface area contributed by atoms with Crippen molar-refractivity contribution in [3.63, 3.8) is 0 Å². The molecule has 1 aromatic heterocycles. The van der Waals surface area contributed by atoms with Gasteiger partial charge in [0.2, 0.25) is 20.9 Å². The SMILES string of the molecule is CC(=O)N1CCCN(Cc2cnc(S(=O)(=O)Cc3ccccc3)n2CC(C)C)CC1. The Kier molecular flexibility index (Phi) is 7.31. The second-order valence-electron chi connectivity index (χ2n) is 8.42. The number of hydrogen-bond acceptors (Lipinski definition) is 5. The molecule has 0 spiro atoms. The molecule has 30 heavy (non-hydrogen) atoms. The molecule has 7 nitrogen and oxygen atoms in total. The van der Waals surface area contributed by atoms with Crippen molar-refractivity contribution in [3.8, 4) is 0 Å². The monoisotopic (exact) mass is 432 g/mol. The number of amides is 1. The topological polar surface area (TPSA) is 75.5 Å². The summed E-state index contributed by atoms with van der Waals surface area (Å²) in [6.07, 6.45) is 2.62. The Bertz CT molecular complexity index is 954. The quantitative estimate of drug-likeness (QED) is 0.672. The molecular weight excluding hydrogens is 400 g/mol. The van der Waals surface area contributed by atoms with Crippen LogP contribution in [0.25, 0.3) is 0 Å². The first-order valence-electron chi connectivity index (χ1n) is 10.5. The zero-order valence-corrected chi connectivity index (χ0v) is 18.9. The van der Waals surface area contributed by atoms with E-state index in [0.29, 0.717) is 25.6 Å². The van der Waals surface area contributed by atoms with E-state index in [0.717, 1.165) is 37.3 Å². The van der Waals surface area contributed by atoms with Gasteiger partial charge >= 0.3 is 0 Å². The van der Waals surface area contributed by atoms with Gasteiger partial charge in [-0.25, -0.2) is 13.4 Å². The van der Waals surface area contributed by atoms with Gasteiger partial charge in [-0.2, -0.15) is 0 Å². The van der Waals surface area contributed by atoms with Gasteiger partial charge in [0.25, 0.3) is 0 Å². The van der Waals surface area contributed by atoms with Crippen LogP contribution in [0.2, 0.25) is 0 Å². The zero-order chi connectivity index (χ0) is 21.7. The van der Waals surface area contributed by atoms with Crippen molar-refractivity contribution in [1.29, 1.82) is 0 Å². The van der Waals surface area contributed by atoms with E-state index in [2.05, 4.69) is 23.7 Å². The molecule has 0 atom stereocenters. The minimum absolute atomic E-state index is 0.0559. The summed E-state index contributed by atoms with van der Waals surface area (Å²) >= 11 is 0. The van der Waals surface area contributed by atoms with Gasteiger partial charge in [-0.05, 0) is 17.9 Å². The number of aromatic nitrogens is 2. The number of hydrogen-bond donors (Lipinski definition) is 0. The Balaban J connectivity index is 1.82. The van der Waals surface area contributed by atoms with E-state index in [1.165, 1.54) is 0 Å². The van der Waals surface area contributed by atoms with Crippen molar-refractivity contribution >= 4 is 15.7 Å². The van der Waals surface area contributed by atoms with E-state index in [1.807, 2.05) is 39.8 Å². The van der Waals surface area contributed by atoms with Crippen LogP contribution < -0.4 is 0 Å². The maximum absolute atomic E-state index is 13.1. The minimum Gasteiger partial charge on any atom is -0.342 e. The van der Waals surface area contributed by atoms with Crippen LogP contribution in [0.4, 0.5) is 0 Å². The minimum atomic E-state index is -3.56. The summed E-state index contributed by atoms with van der Waals surface area (Å²) < 4.78 is 28.2. The zero-order valence-electron chi connectivity index (χ0n) is 18.1. The van der Waals surface area contributed by atoms with E-state index in [-0.39, 0.29) is 16.8 Å². The lowest BCUT2D eigenvalue weighted by atomic mass is 10.2. The molecule has 0 radical (unpaired) electrons. The van der Waals surface area contributed by atoms with Crippen molar-refractivity contribution in [1.82, 2.24) is 19.4 Å². The Morgan fingerprint density at radius 1 is 1.10 bits per heavy atom. The highest BCUT2D eigenvalue weighted by Gasteiger charge is 2.25. The predicted octanol–water partition coefficient (Wildman–Crippen LogP) is 2.57. The van der Waals surface area contributed by atoms with Crippen LogP contribution in [0, 0.1) is 5.92 Å². The summed E-state index contributed by atoms with van der Waals surface area (Å²) in [5.74, 6) is 0.344. The number of carbonyl (C=O) groups excluding carboxylic acids is 1.